The monoisotopic (exact) mass is 257 g/mol. The van der Waals surface area contributed by atoms with Gasteiger partial charge >= 0.3 is 0 Å². The Labute approximate surface area is 110 Å². The molecule has 0 radical (unpaired) electrons. The van der Waals surface area contributed by atoms with E-state index in [0.717, 1.165) is 25.8 Å². The van der Waals surface area contributed by atoms with Crippen LogP contribution in [-0.4, -0.2) is 34.4 Å². The van der Waals surface area contributed by atoms with Crippen molar-refractivity contribution in [3.8, 4) is 0 Å². The molecule has 0 aliphatic heterocycles. The summed E-state index contributed by atoms with van der Waals surface area (Å²) in [4.78, 5) is 14.2. The lowest BCUT2D eigenvalue weighted by molar-refractivity contribution is -0.135. The molecule has 0 fully saturated rings. The van der Waals surface area contributed by atoms with E-state index >= 15 is 0 Å². The number of carbonyl (C=O) groups excluding carboxylic acids is 1. The molecule has 0 aromatic rings. The second kappa shape index (κ2) is 8.78. The summed E-state index contributed by atoms with van der Waals surface area (Å²) in [6, 6.07) is 0.134. The fourth-order valence-electron chi connectivity index (χ4n) is 1.94. The fourth-order valence-corrected chi connectivity index (χ4v) is 1.94. The number of hydrogen-bond acceptors (Lipinski definition) is 3. The molecule has 106 valence electrons. The summed E-state index contributed by atoms with van der Waals surface area (Å²) in [6.07, 6.45) is 3.77. The standard InChI is InChI=1S/C13H27N3O2/c1-5-7-8-9-16(10(3)4)13(17)11(6-2)12(14)15-18/h10-11,18H,5-9H2,1-4H3,(H2,14,15). The zero-order valence-corrected chi connectivity index (χ0v) is 12.0. The van der Waals surface area contributed by atoms with Crippen LogP contribution in [-0.2, 0) is 4.79 Å². The van der Waals surface area contributed by atoms with E-state index in [1.165, 1.54) is 0 Å². The minimum atomic E-state index is -0.515. The summed E-state index contributed by atoms with van der Waals surface area (Å²) >= 11 is 0. The molecule has 0 bridgehead atoms. The molecule has 1 atom stereocenters. The molecule has 3 N–H and O–H groups in total. The lowest BCUT2D eigenvalue weighted by Gasteiger charge is -2.30. The fraction of sp³-hybridized carbons (Fsp3) is 0.846. The van der Waals surface area contributed by atoms with Crippen LogP contribution in [0.3, 0.4) is 0 Å². The Hall–Kier alpha value is -1.26. The molecule has 0 aliphatic carbocycles. The third-order valence-corrected chi connectivity index (χ3v) is 3.09. The molecule has 1 amide bonds. The van der Waals surface area contributed by atoms with Gasteiger partial charge < -0.3 is 15.8 Å². The van der Waals surface area contributed by atoms with Gasteiger partial charge in [-0.2, -0.15) is 0 Å². The molecule has 0 saturated heterocycles. The third kappa shape index (κ3) is 4.94. The Kier molecular flexibility index (Phi) is 8.16. The van der Waals surface area contributed by atoms with E-state index in [9.17, 15) is 4.79 Å². The number of oxime groups is 1. The highest BCUT2D eigenvalue weighted by Crippen LogP contribution is 2.13. The van der Waals surface area contributed by atoms with Crippen molar-refractivity contribution in [2.24, 2.45) is 16.8 Å². The van der Waals surface area contributed by atoms with E-state index in [1.54, 1.807) is 0 Å². The second-order valence-electron chi connectivity index (χ2n) is 4.82. The van der Waals surface area contributed by atoms with Crippen molar-refractivity contribution in [3.63, 3.8) is 0 Å². The summed E-state index contributed by atoms with van der Waals surface area (Å²) in [5.74, 6) is -0.554. The average Bonchev–Trinajstić information content (AvgIpc) is 2.34. The van der Waals surface area contributed by atoms with Crippen molar-refractivity contribution >= 4 is 11.7 Å². The summed E-state index contributed by atoms with van der Waals surface area (Å²) < 4.78 is 0. The van der Waals surface area contributed by atoms with E-state index in [4.69, 9.17) is 10.9 Å². The number of hydrogen-bond donors (Lipinski definition) is 2. The Bertz CT molecular complexity index is 277. The SMILES string of the molecule is CCCCCN(C(=O)C(CC)C(N)=NO)C(C)C. The number of amidine groups is 1. The molecule has 1 unspecified atom stereocenters. The first-order chi connectivity index (χ1) is 8.49. The zero-order valence-electron chi connectivity index (χ0n) is 12.0. The molecular weight excluding hydrogens is 230 g/mol. The van der Waals surface area contributed by atoms with Crippen LogP contribution in [0.1, 0.15) is 53.4 Å². The molecule has 0 saturated carbocycles. The van der Waals surface area contributed by atoms with Gasteiger partial charge in [-0.1, -0.05) is 31.8 Å². The van der Waals surface area contributed by atoms with Crippen LogP contribution in [0, 0.1) is 5.92 Å². The van der Waals surface area contributed by atoms with Gasteiger partial charge in [-0.3, -0.25) is 4.79 Å². The first-order valence-corrected chi connectivity index (χ1v) is 6.77. The number of nitrogens with two attached hydrogens (primary N) is 1. The van der Waals surface area contributed by atoms with Gasteiger partial charge in [0.15, 0.2) is 5.84 Å². The summed E-state index contributed by atoms with van der Waals surface area (Å²) in [6.45, 7) is 8.71. The van der Waals surface area contributed by atoms with E-state index in [1.807, 2.05) is 25.7 Å². The maximum absolute atomic E-state index is 12.4. The van der Waals surface area contributed by atoms with Gasteiger partial charge in [0.25, 0.3) is 0 Å². The molecule has 18 heavy (non-hydrogen) atoms. The Morgan fingerprint density at radius 2 is 1.94 bits per heavy atom. The smallest absolute Gasteiger partial charge is 0.233 e. The van der Waals surface area contributed by atoms with Crippen molar-refractivity contribution in [1.29, 1.82) is 0 Å². The maximum atomic E-state index is 12.4. The Balaban J connectivity index is 4.72. The van der Waals surface area contributed by atoms with Crippen molar-refractivity contribution < 1.29 is 10.0 Å². The third-order valence-electron chi connectivity index (χ3n) is 3.09. The van der Waals surface area contributed by atoms with Gasteiger partial charge in [0.05, 0.1) is 5.92 Å². The average molecular weight is 257 g/mol. The van der Waals surface area contributed by atoms with Gasteiger partial charge in [0, 0.05) is 12.6 Å². The van der Waals surface area contributed by atoms with E-state index < -0.39 is 5.92 Å². The largest absolute Gasteiger partial charge is 0.409 e. The van der Waals surface area contributed by atoms with Crippen LogP contribution >= 0.6 is 0 Å². The Morgan fingerprint density at radius 1 is 1.33 bits per heavy atom. The van der Waals surface area contributed by atoms with Gasteiger partial charge in [-0.05, 0) is 26.7 Å². The number of rotatable bonds is 8. The zero-order chi connectivity index (χ0) is 14.1. The van der Waals surface area contributed by atoms with Crippen LogP contribution in [0.15, 0.2) is 5.16 Å². The molecule has 0 spiro atoms. The highest BCUT2D eigenvalue weighted by Gasteiger charge is 2.27. The van der Waals surface area contributed by atoms with Crippen LogP contribution in [0.5, 0.6) is 0 Å². The topological polar surface area (TPSA) is 78.9 Å². The molecule has 0 aromatic heterocycles. The summed E-state index contributed by atoms with van der Waals surface area (Å²) in [5.41, 5.74) is 5.57. The minimum absolute atomic E-state index is 0.00337. The van der Waals surface area contributed by atoms with Crippen molar-refractivity contribution in [2.45, 2.75) is 59.4 Å². The first kappa shape index (κ1) is 16.7. The molecule has 0 aliphatic rings. The first-order valence-electron chi connectivity index (χ1n) is 6.77. The highest BCUT2D eigenvalue weighted by atomic mass is 16.4. The van der Waals surface area contributed by atoms with E-state index in [0.29, 0.717) is 6.42 Å². The van der Waals surface area contributed by atoms with Crippen molar-refractivity contribution in [2.75, 3.05) is 6.54 Å². The van der Waals surface area contributed by atoms with Crippen LogP contribution < -0.4 is 5.73 Å². The van der Waals surface area contributed by atoms with Gasteiger partial charge in [-0.25, -0.2) is 0 Å². The van der Waals surface area contributed by atoms with Crippen molar-refractivity contribution in [3.05, 3.63) is 0 Å². The number of unbranched alkanes of at least 4 members (excludes halogenated alkanes) is 2. The molecule has 0 aromatic carbocycles. The number of amides is 1. The number of nitrogens with zero attached hydrogens (tertiary/aromatic N) is 2. The molecule has 5 nitrogen and oxygen atoms in total. The lowest BCUT2D eigenvalue weighted by atomic mass is 10.0. The van der Waals surface area contributed by atoms with Gasteiger partial charge in [0.2, 0.25) is 5.91 Å². The summed E-state index contributed by atoms with van der Waals surface area (Å²) in [7, 11) is 0. The van der Waals surface area contributed by atoms with Gasteiger partial charge in [0.1, 0.15) is 0 Å². The molecular formula is C13H27N3O2. The normalized spacial score (nSPS) is 13.7. The lowest BCUT2D eigenvalue weighted by Crippen LogP contribution is -2.45. The summed E-state index contributed by atoms with van der Waals surface area (Å²) in [5, 5.41) is 11.7. The van der Waals surface area contributed by atoms with Crippen LogP contribution in [0.2, 0.25) is 0 Å². The van der Waals surface area contributed by atoms with Crippen LogP contribution in [0.4, 0.5) is 0 Å². The molecule has 5 heteroatoms. The van der Waals surface area contributed by atoms with E-state index in [-0.39, 0.29) is 17.8 Å². The van der Waals surface area contributed by atoms with E-state index in [2.05, 4.69) is 12.1 Å². The Morgan fingerprint density at radius 3 is 2.33 bits per heavy atom. The number of carbonyl (C=O) groups is 1. The van der Waals surface area contributed by atoms with Gasteiger partial charge in [-0.15, -0.1) is 0 Å². The second-order valence-corrected chi connectivity index (χ2v) is 4.82. The maximum Gasteiger partial charge on any atom is 0.233 e. The molecule has 0 rings (SSSR count). The predicted octanol–water partition coefficient (Wildman–Crippen LogP) is 2.19. The highest BCUT2D eigenvalue weighted by molar-refractivity contribution is 6.02. The predicted molar refractivity (Wildman–Crippen MR) is 73.6 cm³/mol. The van der Waals surface area contributed by atoms with Crippen molar-refractivity contribution in [1.82, 2.24) is 4.90 Å². The van der Waals surface area contributed by atoms with Crippen LogP contribution in [0.25, 0.3) is 0 Å². The quantitative estimate of drug-likeness (QED) is 0.230. The minimum Gasteiger partial charge on any atom is -0.409 e. The molecule has 0 heterocycles.